The average molecular weight is 269 g/mol. The van der Waals surface area contributed by atoms with E-state index in [1.165, 1.54) is 19.4 Å². The van der Waals surface area contributed by atoms with Crippen LogP contribution in [0, 0.1) is 11.3 Å². The van der Waals surface area contributed by atoms with Gasteiger partial charge >= 0.3 is 0 Å². The molecule has 0 spiro atoms. The van der Waals surface area contributed by atoms with Crippen LogP contribution in [-0.2, 0) is 10.0 Å². The molecule has 0 aliphatic carbocycles. The van der Waals surface area contributed by atoms with E-state index in [4.69, 9.17) is 5.26 Å². The van der Waals surface area contributed by atoms with Crippen LogP contribution in [-0.4, -0.2) is 42.8 Å². The van der Waals surface area contributed by atoms with E-state index in [0.717, 1.165) is 4.31 Å². The largest absolute Gasteiger partial charge is 0.357 e. The molecule has 1 unspecified atom stereocenters. The van der Waals surface area contributed by atoms with Gasteiger partial charge in [-0.3, -0.25) is 0 Å². The highest BCUT2D eigenvalue weighted by atomic mass is 32.2. The van der Waals surface area contributed by atoms with Crippen LogP contribution in [0.3, 0.4) is 0 Å². The monoisotopic (exact) mass is 269 g/mol. The molecule has 1 heterocycles. The minimum absolute atomic E-state index is 0.00814. The summed E-state index contributed by atoms with van der Waals surface area (Å²) < 4.78 is 25.5. The zero-order valence-corrected chi connectivity index (χ0v) is 11.3. The van der Waals surface area contributed by atoms with Gasteiger partial charge in [-0.15, -0.1) is 0 Å². The number of hydrogen-bond acceptors (Lipinski definition) is 6. The molecular weight excluding hydrogens is 254 g/mol. The molecule has 1 aromatic rings. The molecule has 0 fully saturated rings. The Hall–Kier alpha value is -1.72. The molecule has 0 amide bonds. The predicted octanol–water partition coefficient (Wildman–Crippen LogP) is 0.441. The first kappa shape index (κ1) is 14.3. The molecule has 0 aromatic carbocycles. The Morgan fingerprint density at radius 3 is 2.50 bits per heavy atom. The summed E-state index contributed by atoms with van der Waals surface area (Å²) in [5.41, 5.74) is 0. The van der Waals surface area contributed by atoms with Crippen LogP contribution in [0.1, 0.15) is 13.3 Å². The SMILES string of the molecule is CNc1ncc(S(=O)(=O)N(C)C(C)CC#N)cn1. The van der Waals surface area contributed by atoms with E-state index >= 15 is 0 Å². The fourth-order valence-electron chi connectivity index (χ4n) is 1.24. The molecule has 1 aromatic heterocycles. The standard InChI is InChI=1S/C10H15N5O2S/c1-8(4-5-11)15(3)18(16,17)9-6-13-10(12-2)14-7-9/h6-8H,4H2,1-3H3,(H,12,13,14). The number of aromatic nitrogens is 2. The van der Waals surface area contributed by atoms with Gasteiger partial charge in [-0.25, -0.2) is 18.4 Å². The summed E-state index contributed by atoms with van der Waals surface area (Å²) in [4.78, 5) is 7.72. The second-order valence-corrected chi connectivity index (χ2v) is 5.72. The van der Waals surface area contributed by atoms with Gasteiger partial charge in [-0.1, -0.05) is 0 Å². The third-order valence-electron chi connectivity index (χ3n) is 2.54. The molecule has 0 bridgehead atoms. The lowest BCUT2D eigenvalue weighted by Crippen LogP contribution is -2.35. The van der Waals surface area contributed by atoms with Crippen molar-refractivity contribution in [3.63, 3.8) is 0 Å². The number of nitrogens with one attached hydrogen (secondary N) is 1. The Kier molecular flexibility index (Phi) is 4.58. The van der Waals surface area contributed by atoms with Crippen molar-refractivity contribution in [3.05, 3.63) is 12.4 Å². The molecule has 0 saturated carbocycles. The summed E-state index contributed by atoms with van der Waals surface area (Å²) in [5.74, 6) is 0.349. The number of rotatable bonds is 5. The van der Waals surface area contributed by atoms with Crippen LogP contribution in [0.4, 0.5) is 5.95 Å². The minimum atomic E-state index is -3.66. The number of nitriles is 1. The highest BCUT2D eigenvalue weighted by Crippen LogP contribution is 2.16. The number of anilines is 1. The quantitative estimate of drug-likeness (QED) is 0.832. The maximum absolute atomic E-state index is 12.2. The first-order valence-corrected chi connectivity index (χ1v) is 6.72. The van der Waals surface area contributed by atoms with Crippen LogP contribution < -0.4 is 5.32 Å². The molecular formula is C10H15N5O2S. The van der Waals surface area contributed by atoms with E-state index in [2.05, 4.69) is 15.3 Å². The van der Waals surface area contributed by atoms with Crippen LogP contribution in [0.5, 0.6) is 0 Å². The molecule has 7 nitrogen and oxygen atoms in total. The van der Waals surface area contributed by atoms with Gasteiger partial charge in [0.25, 0.3) is 0 Å². The van der Waals surface area contributed by atoms with E-state index in [1.807, 2.05) is 6.07 Å². The van der Waals surface area contributed by atoms with Crippen molar-refractivity contribution in [1.29, 1.82) is 5.26 Å². The molecule has 0 saturated heterocycles. The third kappa shape index (κ3) is 2.94. The predicted molar refractivity (Wildman–Crippen MR) is 66.2 cm³/mol. The van der Waals surface area contributed by atoms with Gasteiger partial charge in [0.2, 0.25) is 16.0 Å². The van der Waals surface area contributed by atoms with Crippen molar-refractivity contribution < 1.29 is 8.42 Å². The molecule has 1 atom stereocenters. The second-order valence-electron chi connectivity index (χ2n) is 3.72. The fraction of sp³-hybridized carbons (Fsp3) is 0.500. The summed E-state index contributed by atoms with van der Waals surface area (Å²) in [6.07, 6.45) is 2.61. The van der Waals surface area contributed by atoms with Gasteiger partial charge in [0, 0.05) is 20.1 Å². The van der Waals surface area contributed by atoms with Gasteiger partial charge in [0.15, 0.2) is 0 Å². The Balaban J connectivity index is 3.02. The Morgan fingerprint density at radius 1 is 1.50 bits per heavy atom. The Labute approximate surface area is 107 Å². The maximum atomic E-state index is 12.2. The average Bonchev–Trinajstić information content (AvgIpc) is 2.38. The van der Waals surface area contributed by atoms with Gasteiger partial charge in [0.1, 0.15) is 4.90 Å². The summed E-state index contributed by atoms with van der Waals surface area (Å²) in [6, 6.07) is 1.54. The first-order valence-electron chi connectivity index (χ1n) is 5.28. The third-order valence-corrected chi connectivity index (χ3v) is 4.46. The number of hydrogen-bond donors (Lipinski definition) is 1. The summed E-state index contributed by atoms with van der Waals surface area (Å²) in [5, 5.41) is 11.3. The smallest absolute Gasteiger partial charge is 0.246 e. The Morgan fingerprint density at radius 2 is 2.06 bits per heavy atom. The molecule has 0 aliphatic rings. The van der Waals surface area contributed by atoms with Crippen LogP contribution in [0.25, 0.3) is 0 Å². The second kappa shape index (κ2) is 5.75. The molecule has 18 heavy (non-hydrogen) atoms. The minimum Gasteiger partial charge on any atom is -0.357 e. The van der Waals surface area contributed by atoms with Crippen LogP contribution in [0.15, 0.2) is 17.3 Å². The van der Waals surface area contributed by atoms with Crippen molar-refractivity contribution in [3.8, 4) is 6.07 Å². The normalized spacial score (nSPS) is 13.1. The van der Waals surface area contributed by atoms with Crippen LogP contribution >= 0.6 is 0 Å². The Bertz CT molecular complexity index is 534. The summed E-state index contributed by atoms with van der Waals surface area (Å²) >= 11 is 0. The van der Waals surface area contributed by atoms with Crippen LogP contribution in [0.2, 0.25) is 0 Å². The highest BCUT2D eigenvalue weighted by molar-refractivity contribution is 7.89. The number of nitrogens with zero attached hydrogens (tertiary/aromatic N) is 4. The van der Waals surface area contributed by atoms with Gasteiger partial charge in [-0.05, 0) is 6.92 Å². The van der Waals surface area contributed by atoms with Crippen molar-refractivity contribution in [1.82, 2.24) is 14.3 Å². The molecule has 1 rings (SSSR count). The van der Waals surface area contributed by atoms with E-state index in [9.17, 15) is 8.42 Å². The number of sulfonamides is 1. The summed E-state index contributed by atoms with van der Waals surface area (Å²) in [6.45, 7) is 1.67. The van der Waals surface area contributed by atoms with Gasteiger partial charge < -0.3 is 5.32 Å². The topological polar surface area (TPSA) is 99.0 Å². The molecule has 0 aliphatic heterocycles. The van der Waals surface area contributed by atoms with Crippen molar-refractivity contribution in [2.75, 3.05) is 19.4 Å². The molecule has 8 heteroatoms. The lowest BCUT2D eigenvalue weighted by atomic mass is 10.3. The lowest BCUT2D eigenvalue weighted by molar-refractivity contribution is 0.393. The van der Waals surface area contributed by atoms with Crippen molar-refractivity contribution in [2.24, 2.45) is 0 Å². The highest BCUT2D eigenvalue weighted by Gasteiger charge is 2.25. The maximum Gasteiger partial charge on any atom is 0.246 e. The lowest BCUT2D eigenvalue weighted by Gasteiger charge is -2.21. The first-order chi connectivity index (χ1) is 8.43. The fourth-order valence-corrected chi connectivity index (χ4v) is 2.50. The summed E-state index contributed by atoms with van der Waals surface area (Å²) in [7, 11) is -0.579. The molecule has 1 N–H and O–H groups in total. The van der Waals surface area contributed by atoms with E-state index < -0.39 is 16.1 Å². The zero-order valence-electron chi connectivity index (χ0n) is 10.5. The van der Waals surface area contributed by atoms with Crippen molar-refractivity contribution >= 4 is 16.0 Å². The van der Waals surface area contributed by atoms with Gasteiger partial charge in [-0.2, -0.15) is 9.57 Å². The molecule has 98 valence electrons. The van der Waals surface area contributed by atoms with E-state index in [1.54, 1.807) is 14.0 Å². The zero-order chi connectivity index (χ0) is 13.8. The molecule has 0 radical (unpaired) electrons. The van der Waals surface area contributed by atoms with Gasteiger partial charge in [0.05, 0.1) is 24.9 Å². The van der Waals surface area contributed by atoms with E-state index in [-0.39, 0.29) is 11.3 Å². The van der Waals surface area contributed by atoms with Crippen molar-refractivity contribution in [2.45, 2.75) is 24.3 Å². The van der Waals surface area contributed by atoms with E-state index in [0.29, 0.717) is 5.95 Å².